The van der Waals surface area contributed by atoms with Crippen molar-refractivity contribution in [2.75, 3.05) is 6.54 Å². The van der Waals surface area contributed by atoms with E-state index in [4.69, 9.17) is 10.2 Å². The van der Waals surface area contributed by atoms with Gasteiger partial charge in [0.1, 0.15) is 11.8 Å². The van der Waals surface area contributed by atoms with Gasteiger partial charge in [-0.05, 0) is 46.1 Å². The van der Waals surface area contributed by atoms with Crippen LogP contribution in [0.5, 0.6) is 0 Å². The van der Waals surface area contributed by atoms with E-state index in [1.807, 2.05) is 6.07 Å². The lowest BCUT2D eigenvalue weighted by atomic mass is 10.0. The molecule has 0 saturated carbocycles. The maximum Gasteiger partial charge on any atom is 0.135 e. The summed E-state index contributed by atoms with van der Waals surface area (Å²) in [6.45, 7) is 2.79. The van der Waals surface area contributed by atoms with Crippen molar-refractivity contribution in [1.29, 1.82) is 0 Å². The largest absolute Gasteiger partial charge is 0.463 e. The van der Waals surface area contributed by atoms with Gasteiger partial charge in [-0.2, -0.15) is 0 Å². The highest BCUT2D eigenvalue weighted by Gasteiger charge is 2.07. The molecule has 74 valence electrons. The average Bonchev–Trinajstić information content (AvgIpc) is 2.59. The first-order valence-corrected chi connectivity index (χ1v) is 5.38. The summed E-state index contributed by atoms with van der Waals surface area (Å²) in [5, 5.41) is 1.11. The third kappa shape index (κ3) is 1.57. The maximum absolute atomic E-state index is 5.63. The molecule has 0 spiro atoms. The van der Waals surface area contributed by atoms with Gasteiger partial charge in [-0.15, -0.1) is 0 Å². The second-order valence-corrected chi connectivity index (χ2v) is 4.33. The lowest BCUT2D eigenvalue weighted by Gasteiger charge is -2.07. The van der Waals surface area contributed by atoms with Crippen LogP contribution in [0.15, 0.2) is 33.4 Å². The van der Waals surface area contributed by atoms with Gasteiger partial charge in [0.05, 0.1) is 4.47 Å². The second-order valence-electron chi connectivity index (χ2n) is 3.48. The lowest BCUT2D eigenvalue weighted by molar-refractivity contribution is 0.613. The molecule has 2 N–H and O–H groups in total. The van der Waals surface area contributed by atoms with Crippen LogP contribution in [0, 0.1) is 0 Å². The molecule has 1 aromatic heterocycles. The molecular weight excluding hydrogens is 242 g/mol. The summed E-state index contributed by atoms with van der Waals surface area (Å²) in [6, 6.07) is 6.18. The van der Waals surface area contributed by atoms with Crippen molar-refractivity contribution < 1.29 is 4.42 Å². The van der Waals surface area contributed by atoms with Crippen LogP contribution in [0.2, 0.25) is 0 Å². The van der Waals surface area contributed by atoms with Gasteiger partial charge in [0.25, 0.3) is 0 Å². The zero-order valence-corrected chi connectivity index (χ0v) is 9.54. The number of rotatable bonds is 2. The van der Waals surface area contributed by atoms with Crippen LogP contribution >= 0.6 is 15.9 Å². The average molecular weight is 254 g/mol. The number of hydrogen-bond donors (Lipinski definition) is 1. The van der Waals surface area contributed by atoms with E-state index < -0.39 is 0 Å². The van der Waals surface area contributed by atoms with Crippen LogP contribution in [-0.2, 0) is 0 Å². The molecule has 1 heterocycles. The first-order valence-electron chi connectivity index (χ1n) is 4.59. The predicted molar refractivity (Wildman–Crippen MR) is 61.4 cm³/mol. The summed E-state index contributed by atoms with van der Waals surface area (Å²) >= 11 is 3.45. The Morgan fingerprint density at radius 3 is 3.00 bits per heavy atom. The Morgan fingerprint density at radius 2 is 2.29 bits per heavy atom. The molecule has 3 heteroatoms. The summed E-state index contributed by atoms with van der Waals surface area (Å²) in [7, 11) is 0. The third-order valence-corrected chi connectivity index (χ3v) is 3.09. The molecule has 0 aliphatic carbocycles. The topological polar surface area (TPSA) is 39.2 Å². The fourth-order valence-electron chi connectivity index (χ4n) is 1.46. The van der Waals surface area contributed by atoms with Crippen LogP contribution in [0.25, 0.3) is 11.0 Å². The van der Waals surface area contributed by atoms with Gasteiger partial charge in [0, 0.05) is 5.39 Å². The number of halogens is 1. The molecule has 14 heavy (non-hydrogen) atoms. The Hall–Kier alpha value is -0.800. The monoisotopic (exact) mass is 253 g/mol. The smallest absolute Gasteiger partial charge is 0.135 e. The van der Waals surface area contributed by atoms with Gasteiger partial charge in [-0.3, -0.25) is 0 Å². The van der Waals surface area contributed by atoms with Gasteiger partial charge >= 0.3 is 0 Å². The SMILES string of the molecule is CC(CN)c1ccc2occ(Br)c2c1. The highest BCUT2D eigenvalue weighted by atomic mass is 79.9. The lowest BCUT2D eigenvalue weighted by Crippen LogP contribution is -2.08. The van der Waals surface area contributed by atoms with E-state index in [1.54, 1.807) is 6.26 Å². The van der Waals surface area contributed by atoms with Crippen molar-refractivity contribution in [3.8, 4) is 0 Å². The molecule has 0 radical (unpaired) electrons. The van der Waals surface area contributed by atoms with Crippen LogP contribution in [0.3, 0.4) is 0 Å². The van der Waals surface area contributed by atoms with E-state index in [9.17, 15) is 0 Å². The van der Waals surface area contributed by atoms with Gasteiger partial charge in [0.15, 0.2) is 0 Å². The normalized spacial score (nSPS) is 13.4. The summed E-state index contributed by atoms with van der Waals surface area (Å²) < 4.78 is 6.34. The minimum atomic E-state index is 0.390. The number of furan rings is 1. The summed E-state index contributed by atoms with van der Waals surface area (Å²) in [5.74, 6) is 0.390. The van der Waals surface area contributed by atoms with Crippen LogP contribution in [-0.4, -0.2) is 6.54 Å². The Kier molecular flexibility index (Phi) is 2.61. The standard InChI is InChI=1S/C11H12BrNO/c1-7(5-13)8-2-3-11-9(4-8)10(12)6-14-11/h2-4,6-7H,5,13H2,1H3. The van der Waals surface area contributed by atoms with E-state index in [1.165, 1.54) is 5.56 Å². The van der Waals surface area contributed by atoms with Gasteiger partial charge in [-0.25, -0.2) is 0 Å². The van der Waals surface area contributed by atoms with E-state index in [-0.39, 0.29) is 0 Å². The fourth-order valence-corrected chi connectivity index (χ4v) is 1.86. The Morgan fingerprint density at radius 1 is 1.50 bits per heavy atom. The summed E-state index contributed by atoms with van der Waals surface area (Å²) in [4.78, 5) is 0. The van der Waals surface area contributed by atoms with E-state index in [0.29, 0.717) is 12.5 Å². The zero-order valence-electron chi connectivity index (χ0n) is 7.96. The summed E-state index contributed by atoms with van der Waals surface area (Å²) in [6.07, 6.45) is 1.71. The summed E-state index contributed by atoms with van der Waals surface area (Å²) in [5.41, 5.74) is 7.79. The molecule has 1 atom stereocenters. The predicted octanol–water partition coefficient (Wildman–Crippen LogP) is 3.26. The van der Waals surface area contributed by atoms with E-state index >= 15 is 0 Å². The number of nitrogens with two attached hydrogens (primary N) is 1. The van der Waals surface area contributed by atoms with E-state index in [2.05, 4.69) is 35.0 Å². The van der Waals surface area contributed by atoms with Gasteiger partial charge < -0.3 is 10.2 Å². The third-order valence-electron chi connectivity index (χ3n) is 2.47. The van der Waals surface area contributed by atoms with Gasteiger partial charge in [0.2, 0.25) is 0 Å². The Balaban J connectivity index is 2.54. The number of hydrogen-bond acceptors (Lipinski definition) is 2. The molecule has 0 aliphatic heterocycles. The minimum Gasteiger partial charge on any atom is -0.463 e. The first kappa shape index (κ1) is 9.74. The fraction of sp³-hybridized carbons (Fsp3) is 0.273. The Labute approximate surface area is 91.2 Å². The molecule has 0 amide bonds. The molecule has 0 saturated heterocycles. The molecule has 1 aromatic carbocycles. The first-order chi connectivity index (χ1) is 6.72. The maximum atomic E-state index is 5.63. The molecular formula is C11H12BrNO. The van der Waals surface area contributed by atoms with E-state index in [0.717, 1.165) is 15.4 Å². The second kappa shape index (κ2) is 3.75. The van der Waals surface area contributed by atoms with Crippen molar-refractivity contribution in [3.05, 3.63) is 34.5 Å². The molecule has 0 bridgehead atoms. The Bertz CT molecular complexity index is 449. The van der Waals surface area contributed by atoms with Crippen LogP contribution in [0.1, 0.15) is 18.4 Å². The molecule has 1 unspecified atom stereocenters. The number of fused-ring (bicyclic) bond motifs is 1. The van der Waals surface area contributed by atoms with Crippen LogP contribution in [0.4, 0.5) is 0 Å². The van der Waals surface area contributed by atoms with Crippen molar-refractivity contribution >= 4 is 26.9 Å². The van der Waals surface area contributed by atoms with Gasteiger partial charge in [-0.1, -0.05) is 13.0 Å². The highest BCUT2D eigenvalue weighted by Crippen LogP contribution is 2.28. The molecule has 2 aromatic rings. The van der Waals surface area contributed by atoms with Crippen molar-refractivity contribution in [3.63, 3.8) is 0 Å². The molecule has 0 aliphatic rings. The van der Waals surface area contributed by atoms with Crippen molar-refractivity contribution in [2.24, 2.45) is 5.73 Å². The van der Waals surface area contributed by atoms with Crippen LogP contribution < -0.4 is 5.73 Å². The highest BCUT2D eigenvalue weighted by molar-refractivity contribution is 9.10. The van der Waals surface area contributed by atoms with Crippen molar-refractivity contribution in [1.82, 2.24) is 0 Å². The molecule has 2 nitrogen and oxygen atoms in total. The quantitative estimate of drug-likeness (QED) is 0.893. The minimum absolute atomic E-state index is 0.390. The zero-order chi connectivity index (χ0) is 10.1. The van der Waals surface area contributed by atoms with Crippen molar-refractivity contribution in [2.45, 2.75) is 12.8 Å². The molecule has 0 fully saturated rings. The molecule has 2 rings (SSSR count). The number of benzene rings is 1.